The number of esters is 1. The van der Waals surface area contributed by atoms with E-state index >= 15 is 0 Å². The maximum atomic E-state index is 14.2. The number of ether oxygens (including phenoxy) is 1. The van der Waals surface area contributed by atoms with Crippen molar-refractivity contribution in [2.75, 3.05) is 11.9 Å². The molecule has 3 rings (SSSR count). The summed E-state index contributed by atoms with van der Waals surface area (Å²) in [6.07, 6.45) is 0. The van der Waals surface area contributed by atoms with E-state index in [-0.39, 0.29) is 38.3 Å². The van der Waals surface area contributed by atoms with E-state index in [2.05, 4.69) is 10.5 Å². The Bertz CT molecular complexity index is 1080. The number of anilines is 1. The second-order valence-corrected chi connectivity index (χ2v) is 6.65. The predicted molar refractivity (Wildman–Crippen MR) is 102 cm³/mol. The van der Waals surface area contributed by atoms with Crippen molar-refractivity contribution in [1.29, 1.82) is 0 Å². The average molecular weight is 441 g/mol. The summed E-state index contributed by atoms with van der Waals surface area (Å²) in [6.45, 7) is 0.695. The molecule has 150 valence electrons. The molecule has 1 N–H and O–H groups in total. The Morgan fingerprint density at radius 2 is 1.93 bits per heavy atom. The van der Waals surface area contributed by atoms with Gasteiger partial charge in [0.25, 0.3) is 5.91 Å². The maximum absolute atomic E-state index is 14.2. The Kier molecular flexibility index (Phi) is 6.14. The quantitative estimate of drug-likeness (QED) is 0.562. The molecule has 10 heteroatoms. The lowest BCUT2D eigenvalue weighted by Crippen LogP contribution is -2.21. The van der Waals surface area contributed by atoms with Crippen molar-refractivity contribution < 1.29 is 27.6 Å². The fraction of sp³-hybridized carbons (Fsp3) is 0.105. The summed E-state index contributed by atoms with van der Waals surface area (Å²) in [7, 11) is 0. The molecule has 0 saturated heterocycles. The van der Waals surface area contributed by atoms with Gasteiger partial charge in [-0.25, -0.2) is 13.6 Å². The Hall–Kier alpha value is -2.97. The number of amides is 1. The summed E-state index contributed by atoms with van der Waals surface area (Å²) in [5.74, 6) is -3.18. The van der Waals surface area contributed by atoms with E-state index in [1.807, 2.05) is 0 Å². The number of hydrogen-bond acceptors (Lipinski definition) is 5. The highest BCUT2D eigenvalue weighted by Crippen LogP contribution is 2.33. The SMILES string of the molecule is Cc1onc(-c2c(F)cccc2Cl)c1C(=O)OCC(=O)Nc1ccc(Cl)cc1F. The van der Waals surface area contributed by atoms with Crippen LogP contribution in [-0.4, -0.2) is 23.6 Å². The third-order valence-corrected chi connectivity index (χ3v) is 4.36. The van der Waals surface area contributed by atoms with Gasteiger partial charge in [0.2, 0.25) is 0 Å². The first-order valence-electron chi connectivity index (χ1n) is 8.10. The molecular formula is C19H12Cl2F2N2O4. The predicted octanol–water partition coefficient (Wildman–Crippen LogP) is 5.03. The summed E-state index contributed by atoms with van der Waals surface area (Å²) in [5, 5.41) is 6.11. The van der Waals surface area contributed by atoms with Gasteiger partial charge in [0, 0.05) is 5.02 Å². The zero-order valence-corrected chi connectivity index (χ0v) is 16.3. The highest BCUT2D eigenvalue weighted by atomic mass is 35.5. The molecule has 0 saturated carbocycles. The number of hydrogen-bond donors (Lipinski definition) is 1. The van der Waals surface area contributed by atoms with E-state index < -0.39 is 30.1 Å². The molecule has 0 fully saturated rings. The molecule has 6 nitrogen and oxygen atoms in total. The molecule has 0 aliphatic heterocycles. The minimum Gasteiger partial charge on any atom is -0.452 e. The van der Waals surface area contributed by atoms with Crippen LogP contribution in [0.5, 0.6) is 0 Å². The molecule has 1 aromatic heterocycles. The van der Waals surface area contributed by atoms with Gasteiger partial charge in [-0.15, -0.1) is 0 Å². The van der Waals surface area contributed by atoms with Crippen LogP contribution in [0.15, 0.2) is 40.9 Å². The van der Waals surface area contributed by atoms with Crippen molar-refractivity contribution >= 4 is 40.8 Å². The Morgan fingerprint density at radius 1 is 1.17 bits per heavy atom. The minimum absolute atomic E-state index is 0.0170. The van der Waals surface area contributed by atoms with Crippen molar-refractivity contribution in [2.24, 2.45) is 0 Å². The molecule has 0 aliphatic carbocycles. The first-order valence-corrected chi connectivity index (χ1v) is 8.86. The van der Waals surface area contributed by atoms with Gasteiger partial charge in [0.15, 0.2) is 6.61 Å². The molecule has 0 aliphatic rings. The van der Waals surface area contributed by atoms with Gasteiger partial charge in [-0.3, -0.25) is 4.79 Å². The molecule has 0 radical (unpaired) electrons. The Balaban J connectivity index is 1.75. The number of carbonyl (C=O) groups is 2. The Morgan fingerprint density at radius 3 is 2.62 bits per heavy atom. The fourth-order valence-electron chi connectivity index (χ4n) is 2.49. The second kappa shape index (κ2) is 8.59. The van der Waals surface area contributed by atoms with Crippen LogP contribution in [0, 0.1) is 18.6 Å². The maximum Gasteiger partial charge on any atom is 0.344 e. The number of aromatic nitrogens is 1. The van der Waals surface area contributed by atoms with Crippen LogP contribution in [0.3, 0.4) is 0 Å². The van der Waals surface area contributed by atoms with Crippen molar-refractivity contribution in [3.05, 3.63) is 69.4 Å². The summed E-state index contributed by atoms with van der Waals surface area (Å²) < 4.78 is 37.8. The van der Waals surface area contributed by atoms with Crippen molar-refractivity contribution in [3.63, 3.8) is 0 Å². The van der Waals surface area contributed by atoms with Crippen LogP contribution in [0.25, 0.3) is 11.3 Å². The van der Waals surface area contributed by atoms with E-state index in [4.69, 9.17) is 32.5 Å². The number of halogens is 4. The van der Waals surface area contributed by atoms with Gasteiger partial charge in [-0.05, 0) is 37.3 Å². The van der Waals surface area contributed by atoms with Gasteiger partial charge in [-0.2, -0.15) is 0 Å². The molecule has 3 aromatic rings. The molecule has 0 unspecified atom stereocenters. The van der Waals surface area contributed by atoms with E-state index in [0.717, 1.165) is 12.1 Å². The summed E-state index contributed by atoms with van der Waals surface area (Å²) in [5.41, 5.74) is -0.594. The molecule has 2 aromatic carbocycles. The molecule has 1 amide bonds. The van der Waals surface area contributed by atoms with E-state index in [9.17, 15) is 18.4 Å². The van der Waals surface area contributed by atoms with E-state index in [1.54, 1.807) is 0 Å². The third-order valence-electron chi connectivity index (χ3n) is 3.81. The average Bonchev–Trinajstić information content (AvgIpc) is 3.03. The molecular weight excluding hydrogens is 429 g/mol. The van der Waals surface area contributed by atoms with Crippen LogP contribution in [0.4, 0.5) is 14.5 Å². The van der Waals surface area contributed by atoms with Crippen LogP contribution in [-0.2, 0) is 9.53 Å². The molecule has 1 heterocycles. The number of carbonyl (C=O) groups excluding carboxylic acids is 2. The van der Waals surface area contributed by atoms with Gasteiger partial charge >= 0.3 is 5.97 Å². The molecule has 0 atom stereocenters. The number of rotatable bonds is 5. The van der Waals surface area contributed by atoms with Crippen molar-refractivity contribution in [2.45, 2.75) is 6.92 Å². The van der Waals surface area contributed by atoms with Crippen molar-refractivity contribution in [1.82, 2.24) is 5.16 Å². The lowest BCUT2D eigenvalue weighted by molar-refractivity contribution is -0.119. The highest BCUT2D eigenvalue weighted by Gasteiger charge is 2.27. The lowest BCUT2D eigenvalue weighted by atomic mass is 10.1. The largest absolute Gasteiger partial charge is 0.452 e. The topological polar surface area (TPSA) is 81.4 Å². The van der Waals surface area contributed by atoms with Crippen LogP contribution in [0.1, 0.15) is 16.1 Å². The minimum atomic E-state index is -0.982. The summed E-state index contributed by atoms with van der Waals surface area (Å²) >= 11 is 11.7. The summed E-state index contributed by atoms with van der Waals surface area (Å²) in [6, 6.07) is 7.64. The van der Waals surface area contributed by atoms with Crippen LogP contribution < -0.4 is 5.32 Å². The zero-order valence-electron chi connectivity index (χ0n) is 14.8. The van der Waals surface area contributed by atoms with Gasteiger partial charge in [0.05, 0.1) is 16.3 Å². The van der Waals surface area contributed by atoms with Gasteiger partial charge in [0.1, 0.15) is 28.7 Å². The smallest absolute Gasteiger partial charge is 0.344 e. The van der Waals surface area contributed by atoms with Gasteiger partial charge < -0.3 is 14.6 Å². The fourth-order valence-corrected chi connectivity index (χ4v) is 2.90. The second-order valence-electron chi connectivity index (χ2n) is 5.81. The van der Waals surface area contributed by atoms with Crippen LogP contribution >= 0.6 is 23.2 Å². The number of nitrogens with zero attached hydrogens (tertiary/aromatic N) is 1. The summed E-state index contributed by atoms with van der Waals surface area (Å²) in [4.78, 5) is 24.4. The Labute approximate surface area is 173 Å². The highest BCUT2D eigenvalue weighted by molar-refractivity contribution is 6.33. The van der Waals surface area contributed by atoms with Crippen LogP contribution in [0.2, 0.25) is 10.0 Å². The van der Waals surface area contributed by atoms with Crippen molar-refractivity contribution in [3.8, 4) is 11.3 Å². The number of nitrogens with one attached hydrogen (secondary N) is 1. The molecule has 0 spiro atoms. The standard InChI is InChI=1S/C19H12Cl2F2N2O4/c1-9-16(18(25-29-9)17-11(21)3-2-4-12(17)22)19(27)28-8-15(26)24-14-6-5-10(20)7-13(14)23/h2-7H,8H2,1H3,(H,24,26). The molecule has 0 bridgehead atoms. The third kappa shape index (κ3) is 4.55. The monoisotopic (exact) mass is 440 g/mol. The van der Waals surface area contributed by atoms with E-state index in [1.165, 1.54) is 31.2 Å². The lowest BCUT2D eigenvalue weighted by Gasteiger charge is -2.08. The number of benzene rings is 2. The normalized spacial score (nSPS) is 10.7. The van der Waals surface area contributed by atoms with Gasteiger partial charge in [-0.1, -0.05) is 34.4 Å². The molecule has 29 heavy (non-hydrogen) atoms. The first-order chi connectivity index (χ1) is 13.8. The first kappa shape index (κ1) is 20.8. The number of aryl methyl sites for hydroxylation is 1. The van der Waals surface area contributed by atoms with E-state index in [0.29, 0.717) is 0 Å². The zero-order chi connectivity index (χ0) is 21.1.